The number of hydrogen-bond donors (Lipinski definition) is 5. The first-order valence-electron chi connectivity index (χ1n) is 12.8. The van der Waals surface area contributed by atoms with Crippen molar-refractivity contribution < 1.29 is 15.0 Å². The summed E-state index contributed by atoms with van der Waals surface area (Å²) in [7, 11) is 0. The summed E-state index contributed by atoms with van der Waals surface area (Å²) >= 11 is 0. The maximum Gasteiger partial charge on any atom is 0.237 e. The molecule has 36 heavy (non-hydrogen) atoms. The lowest BCUT2D eigenvalue weighted by atomic mass is 9.91. The van der Waals surface area contributed by atoms with Crippen LogP contribution in [0.15, 0.2) is 48.5 Å². The fraction of sp³-hybridized carbons (Fsp3) is 0.367. The zero-order valence-corrected chi connectivity index (χ0v) is 21.0. The van der Waals surface area contributed by atoms with Gasteiger partial charge in [0.25, 0.3) is 0 Å². The normalized spacial score (nSPS) is 19.2. The third-order valence-corrected chi connectivity index (χ3v) is 7.77. The van der Waals surface area contributed by atoms with Gasteiger partial charge in [-0.15, -0.1) is 0 Å². The average molecular weight is 486 g/mol. The molecule has 3 aromatic carbocycles. The molecule has 1 aliphatic heterocycles. The molecule has 1 aliphatic carbocycles. The van der Waals surface area contributed by atoms with E-state index in [1.165, 1.54) is 11.1 Å². The highest BCUT2D eigenvalue weighted by atomic mass is 16.3. The molecule has 188 valence electrons. The number of nitrogens with one attached hydrogen (secondary N) is 2. The van der Waals surface area contributed by atoms with Crippen LogP contribution in [0.2, 0.25) is 0 Å². The minimum atomic E-state index is -0.668. The van der Waals surface area contributed by atoms with E-state index < -0.39 is 6.04 Å². The quantitative estimate of drug-likeness (QED) is 0.359. The van der Waals surface area contributed by atoms with Crippen LogP contribution >= 0.6 is 0 Å². The number of anilines is 1. The van der Waals surface area contributed by atoms with Gasteiger partial charge in [-0.3, -0.25) is 4.79 Å². The number of benzene rings is 3. The van der Waals surface area contributed by atoms with Gasteiger partial charge in [-0.2, -0.15) is 0 Å². The number of nitrogens with two attached hydrogens (primary N) is 1. The Hall–Kier alpha value is -3.51. The molecule has 5 rings (SSSR count). The molecule has 0 aromatic heterocycles. The predicted molar refractivity (Wildman–Crippen MR) is 142 cm³/mol. The molecule has 0 saturated heterocycles. The van der Waals surface area contributed by atoms with Crippen molar-refractivity contribution in [2.75, 3.05) is 11.9 Å². The van der Waals surface area contributed by atoms with E-state index in [0.717, 1.165) is 65.7 Å². The number of amides is 1. The third-order valence-electron chi connectivity index (χ3n) is 7.77. The Morgan fingerprint density at radius 1 is 1.11 bits per heavy atom. The molecule has 2 unspecified atom stereocenters. The summed E-state index contributed by atoms with van der Waals surface area (Å²) in [6.45, 7) is 4.66. The average Bonchev–Trinajstić information content (AvgIpc) is 3.25. The first kappa shape index (κ1) is 24.2. The second-order valence-electron chi connectivity index (χ2n) is 10.5. The van der Waals surface area contributed by atoms with Crippen molar-refractivity contribution in [3.63, 3.8) is 0 Å². The zero-order chi connectivity index (χ0) is 25.4. The summed E-state index contributed by atoms with van der Waals surface area (Å²) in [6.07, 6.45) is 4.03. The van der Waals surface area contributed by atoms with Gasteiger partial charge in [0, 0.05) is 12.2 Å². The highest BCUT2D eigenvalue weighted by Crippen LogP contribution is 2.36. The number of phenols is 2. The van der Waals surface area contributed by atoms with Crippen LogP contribution in [0, 0.1) is 19.8 Å². The van der Waals surface area contributed by atoms with Gasteiger partial charge >= 0.3 is 0 Å². The van der Waals surface area contributed by atoms with E-state index in [1.807, 2.05) is 19.9 Å². The van der Waals surface area contributed by atoms with Crippen molar-refractivity contribution >= 4 is 11.6 Å². The van der Waals surface area contributed by atoms with Gasteiger partial charge in [0.2, 0.25) is 5.91 Å². The number of carbonyl (C=O) groups is 1. The molecule has 6 heteroatoms. The van der Waals surface area contributed by atoms with E-state index in [4.69, 9.17) is 5.73 Å². The smallest absolute Gasteiger partial charge is 0.237 e. The topological polar surface area (TPSA) is 108 Å². The molecule has 6 nitrogen and oxygen atoms in total. The number of rotatable bonds is 6. The van der Waals surface area contributed by atoms with Gasteiger partial charge in [-0.1, -0.05) is 24.3 Å². The Morgan fingerprint density at radius 3 is 2.64 bits per heavy atom. The second kappa shape index (κ2) is 9.86. The Kier molecular flexibility index (Phi) is 6.63. The van der Waals surface area contributed by atoms with Crippen molar-refractivity contribution in [1.82, 2.24) is 5.32 Å². The first-order chi connectivity index (χ1) is 17.3. The van der Waals surface area contributed by atoms with Gasteiger partial charge < -0.3 is 26.6 Å². The highest BCUT2D eigenvalue weighted by Gasteiger charge is 2.27. The Bertz CT molecular complexity index is 1280. The number of carbonyl (C=O) groups excluding carboxylic acids is 1. The molecule has 0 spiro atoms. The number of phenolic OH excluding ortho intramolecular Hbond substituents is 2. The van der Waals surface area contributed by atoms with E-state index >= 15 is 0 Å². The van der Waals surface area contributed by atoms with E-state index in [1.54, 1.807) is 18.2 Å². The summed E-state index contributed by atoms with van der Waals surface area (Å²) in [6, 6.07) is 15.0. The summed E-state index contributed by atoms with van der Waals surface area (Å²) in [4.78, 5) is 13.1. The lowest BCUT2D eigenvalue weighted by molar-refractivity contribution is -0.123. The van der Waals surface area contributed by atoms with E-state index in [0.29, 0.717) is 18.1 Å². The number of hydrogen-bond acceptors (Lipinski definition) is 5. The van der Waals surface area contributed by atoms with Crippen molar-refractivity contribution in [3.8, 4) is 11.5 Å². The molecule has 1 amide bonds. The number of aromatic hydroxyl groups is 2. The number of aryl methyl sites for hydroxylation is 2. The van der Waals surface area contributed by atoms with E-state index in [-0.39, 0.29) is 17.7 Å². The zero-order valence-electron chi connectivity index (χ0n) is 21.0. The molecule has 3 atom stereocenters. The van der Waals surface area contributed by atoms with Crippen LogP contribution in [-0.2, 0) is 30.5 Å². The molecule has 3 aromatic rings. The first-order valence-corrected chi connectivity index (χ1v) is 12.8. The fourth-order valence-electron chi connectivity index (χ4n) is 5.93. The van der Waals surface area contributed by atoms with Crippen LogP contribution in [0.1, 0.15) is 51.4 Å². The Balaban J connectivity index is 1.27. The molecule has 0 fully saturated rings. The van der Waals surface area contributed by atoms with Crippen molar-refractivity contribution in [1.29, 1.82) is 0 Å². The molecule has 6 N–H and O–H groups in total. The van der Waals surface area contributed by atoms with Gasteiger partial charge in [0.15, 0.2) is 0 Å². The maximum absolute atomic E-state index is 13.1. The van der Waals surface area contributed by atoms with E-state index in [9.17, 15) is 15.0 Å². The van der Waals surface area contributed by atoms with Crippen LogP contribution in [0.5, 0.6) is 11.5 Å². The molecule has 1 heterocycles. The summed E-state index contributed by atoms with van der Waals surface area (Å²) in [5.74, 6) is 0.932. The van der Waals surface area contributed by atoms with Gasteiger partial charge in [0.05, 0.1) is 12.1 Å². The standard InChI is InChI=1S/C30H35N3O3/c1-17-10-22(34)11-18(2)23(17)16-26(31)30(36)33-28-8-9-32-27-7-6-19(14-25(27)28)12-20-13-21-4-3-5-29(35)24(21)15-20/h3-7,10-11,14,20,26,28,32,34-35H,8-9,12-13,15-16,31H2,1-2H3,(H,33,36)/t20?,26?,28-/m1/s1. The Labute approximate surface area is 212 Å². The Morgan fingerprint density at radius 2 is 1.89 bits per heavy atom. The SMILES string of the molecule is Cc1cc(O)cc(C)c1CC(N)C(=O)N[C@@H]1CCNc2ccc(CC3Cc4cccc(O)c4C3)cc21. The lowest BCUT2D eigenvalue weighted by Crippen LogP contribution is -2.44. The second-order valence-corrected chi connectivity index (χ2v) is 10.5. The van der Waals surface area contributed by atoms with Gasteiger partial charge in [-0.05, 0) is 115 Å². The predicted octanol–water partition coefficient (Wildman–Crippen LogP) is 4.22. The van der Waals surface area contributed by atoms with Crippen molar-refractivity contribution in [2.45, 2.75) is 58.0 Å². The van der Waals surface area contributed by atoms with Gasteiger partial charge in [0.1, 0.15) is 11.5 Å². The summed E-state index contributed by atoms with van der Waals surface area (Å²) < 4.78 is 0. The number of fused-ring (bicyclic) bond motifs is 2. The molecule has 0 bridgehead atoms. The van der Waals surface area contributed by atoms with Crippen LogP contribution in [0.3, 0.4) is 0 Å². The lowest BCUT2D eigenvalue weighted by Gasteiger charge is -2.29. The van der Waals surface area contributed by atoms with Crippen molar-refractivity contribution in [3.05, 3.63) is 87.5 Å². The van der Waals surface area contributed by atoms with E-state index in [2.05, 4.69) is 34.9 Å². The molecule has 0 saturated carbocycles. The summed E-state index contributed by atoms with van der Waals surface area (Å²) in [5.41, 5.74) is 15.0. The van der Waals surface area contributed by atoms with Crippen molar-refractivity contribution in [2.24, 2.45) is 11.7 Å². The minimum Gasteiger partial charge on any atom is -0.508 e. The molecular formula is C30H35N3O3. The molecule has 2 aliphatic rings. The summed E-state index contributed by atoms with van der Waals surface area (Å²) in [5, 5.41) is 26.7. The maximum atomic E-state index is 13.1. The minimum absolute atomic E-state index is 0.0911. The third kappa shape index (κ3) is 4.91. The van der Waals surface area contributed by atoms with Crippen LogP contribution in [0.4, 0.5) is 5.69 Å². The largest absolute Gasteiger partial charge is 0.508 e. The fourth-order valence-corrected chi connectivity index (χ4v) is 5.93. The van der Waals surface area contributed by atoms with Crippen LogP contribution in [-0.4, -0.2) is 28.7 Å². The monoisotopic (exact) mass is 485 g/mol. The van der Waals surface area contributed by atoms with Gasteiger partial charge in [-0.25, -0.2) is 0 Å². The van der Waals surface area contributed by atoms with Crippen LogP contribution < -0.4 is 16.4 Å². The van der Waals surface area contributed by atoms with Crippen LogP contribution in [0.25, 0.3) is 0 Å². The highest BCUT2D eigenvalue weighted by molar-refractivity contribution is 5.82. The molecular weight excluding hydrogens is 450 g/mol. The molecule has 0 radical (unpaired) electrons.